The van der Waals surface area contributed by atoms with Crippen LogP contribution >= 0.6 is 0 Å². The number of ether oxygens (including phenoxy) is 2. The Morgan fingerprint density at radius 1 is 1.29 bits per heavy atom. The Bertz CT molecular complexity index is 567. The smallest absolute Gasteiger partial charge is 0.161 e. The number of rotatable bonds is 9. The Kier molecular flexibility index (Phi) is 5.47. The minimum absolute atomic E-state index is 0.138. The van der Waals surface area contributed by atoms with E-state index in [2.05, 4.69) is 5.32 Å². The number of methoxy groups -OCH3 is 1. The third-order valence-electron chi connectivity index (χ3n) is 3.32. The van der Waals surface area contributed by atoms with Crippen LogP contribution in [0.25, 0.3) is 0 Å². The predicted molar refractivity (Wildman–Crippen MR) is 82.7 cm³/mol. The lowest BCUT2D eigenvalue weighted by molar-refractivity contribution is 0.294. The van der Waals surface area contributed by atoms with Gasteiger partial charge >= 0.3 is 0 Å². The van der Waals surface area contributed by atoms with Gasteiger partial charge in [0.05, 0.1) is 19.5 Å². The van der Waals surface area contributed by atoms with Gasteiger partial charge in [-0.05, 0) is 37.0 Å². The maximum atomic E-state index is 11.1. The molecule has 0 bridgehead atoms. The maximum absolute atomic E-state index is 11.1. The Hall–Kier alpha value is -1.27. The lowest BCUT2D eigenvalue weighted by Gasteiger charge is -2.12. The molecule has 0 amide bonds. The van der Waals surface area contributed by atoms with E-state index in [-0.39, 0.29) is 5.75 Å². The average molecular weight is 313 g/mol. The van der Waals surface area contributed by atoms with Crippen molar-refractivity contribution < 1.29 is 17.9 Å². The van der Waals surface area contributed by atoms with E-state index in [4.69, 9.17) is 9.47 Å². The third-order valence-corrected chi connectivity index (χ3v) is 4.35. The van der Waals surface area contributed by atoms with Crippen LogP contribution in [0.4, 0.5) is 0 Å². The first-order valence-corrected chi connectivity index (χ1v) is 9.25. The van der Waals surface area contributed by atoms with Gasteiger partial charge in [0.1, 0.15) is 9.84 Å². The fraction of sp³-hybridized carbons (Fsp3) is 0.600. The summed E-state index contributed by atoms with van der Waals surface area (Å²) in [4.78, 5) is 0. The second-order valence-corrected chi connectivity index (χ2v) is 7.73. The van der Waals surface area contributed by atoms with Crippen LogP contribution in [0.5, 0.6) is 11.5 Å². The average Bonchev–Trinajstić information content (AvgIpc) is 3.25. The molecule has 0 spiro atoms. The quantitative estimate of drug-likeness (QED) is 0.704. The Labute approximate surface area is 126 Å². The topological polar surface area (TPSA) is 64.6 Å². The summed E-state index contributed by atoms with van der Waals surface area (Å²) in [6.45, 7) is 1.19. The third kappa shape index (κ3) is 5.93. The summed E-state index contributed by atoms with van der Waals surface area (Å²) in [6, 6.07) is 6.51. The number of nitrogens with one attached hydrogen (secondary N) is 1. The number of sulfone groups is 1. The summed E-state index contributed by atoms with van der Waals surface area (Å²) in [6.07, 6.45) is 4.24. The molecule has 21 heavy (non-hydrogen) atoms. The molecule has 0 radical (unpaired) electrons. The van der Waals surface area contributed by atoms with E-state index in [1.165, 1.54) is 19.1 Å². The summed E-state index contributed by atoms with van der Waals surface area (Å²) >= 11 is 0. The van der Waals surface area contributed by atoms with Crippen molar-refractivity contribution in [2.45, 2.75) is 31.8 Å². The second-order valence-electron chi connectivity index (χ2n) is 5.47. The van der Waals surface area contributed by atoms with Gasteiger partial charge in [0.15, 0.2) is 11.5 Å². The normalized spacial score (nSPS) is 15.0. The van der Waals surface area contributed by atoms with Gasteiger partial charge in [-0.1, -0.05) is 6.07 Å². The first-order chi connectivity index (χ1) is 9.98. The van der Waals surface area contributed by atoms with Crippen molar-refractivity contribution in [3.05, 3.63) is 23.8 Å². The van der Waals surface area contributed by atoms with Gasteiger partial charge in [-0.15, -0.1) is 0 Å². The van der Waals surface area contributed by atoms with Crippen molar-refractivity contribution in [1.29, 1.82) is 0 Å². The molecule has 1 fully saturated rings. The van der Waals surface area contributed by atoms with Crippen molar-refractivity contribution in [3.8, 4) is 11.5 Å². The Morgan fingerprint density at radius 3 is 2.67 bits per heavy atom. The first-order valence-electron chi connectivity index (χ1n) is 7.19. The number of benzene rings is 1. The van der Waals surface area contributed by atoms with E-state index < -0.39 is 9.84 Å². The molecule has 1 aromatic rings. The highest BCUT2D eigenvalue weighted by molar-refractivity contribution is 7.90. The molecule has 1 saturated carbocycles. The summed E-state index contributed by atoms with van der Waals surface area (Å²) < 4.78 is 33.1. The van der Waals surface area contributed by atoms with Crippen LogP contribution in [0.2, 0.25) is 0 Å². The maximum Gasteiger partial charge on any atom is 0.161 e. The van der Waals surface area contributed by atoms with E-state index in [0.29, 0.717) is 30.6 Å². The molecule has 1 aromatic carbocycles. The van der Waals surface area contributed by atoms with Crippen molar-refractivity contribution in [3.63, 3.8) is 0 Å². The van der Waals surface area contributed by atoms with Crippen molar-refractivity contribution in [2.75, 3.05) is 25.7 Å². The van der Waals surface area contributed by atoms with Crippen LogP contribution < -0.4 is 14.8 Å². The zero-order valence-corrected chi connectivity index (χ0v) is 13.4. The molecule has 1 aliphatic rings. The van der Waals surface area contributed by atoms with Gasteiger partial charge in [-0.3, -0.25) is 0 Å². The molecule has 2 rings (SSSR count). The summed E-state index contributed by atoms with van der Waals surface area (Å²) in [7, 11) is -1.32. The zero-order valence-electron chi connectivity index (χ0n) is 12.6. The van der Waals surface area contributed by atoms with Gasteiger partial charge < -0.3 is 14.8 Å². The first kappa shape index (κ1) is 16.1. The van der Waals surface area contributed by atoms with E-state index in [9.17, 15) is 8.42 Å². The van der Waals surface area contributed by atoms with Gasteiger partial charge in [-0.25, -0.2) is 8.42 Å². The monoisotopic (exact) mass is 313 g/mol. The molecular formula is C15H23NO4S. The van der Waals surface area contributed by atoms with Gasteiger partial charge in [0.2, 0.25) is 0 Å². The molecule has 0 heterocycles. The van der Waals surface area contributed by atoms with Crippen molar-refractivity contribution in [2.24, 2.45) is 0 Å². The lowest BCUT2D eigenvalue weighted by Crippen LogP contribution is -2.15. The van der Waals surface area contributed by atoms with Crippen LogP contribution in [-0.4, -0.2) is 40.2 Å². The van der Waals surface area contributed by atoms with Gasteiger partial charge in [0, 0.05) is 18.8 Å². The summed E-state index contributed by atoms with van der Waals surface area (Å²) in [5.74, 6) is 1.48. The molecule has 0 aliphatic heterocycles. The van der Waals surface area contributed by atoms with Crippen LogP contribution in [0, 0.1) is 0 Å². The Morgan fingerprint density at radius 2 is 2.05 bits per heavy atom. The molecule has 0 unspecified atom stereocenters. The fourth-order valence-electron chi connectivity index (χ4n) is 1.99. The standard InChI is InChI=1S/C15H23NO4S/c1-19-15-10-12(11-16-13-5-6-13)4-7-14(15)20-8-3-9-21(2,17)18/h4,7,10,13,16H,3,5-6,8-9,11H2,1-2H3. The Balaban J connectivity index is 1.86. The molecule has 0 aromatic heterocycles. The van der Waals surface area contributed by atoms with E-state index >= 15 is 0 Å². The molecule has 1 N–H and O–H groups in total. The van der Waals surface area contributed by atoms with E-state index in [1.54, 1.807) is 7.11 Å². The van der Waals surface area contributed by atoms with Gasteiger partial charge in [0.25, 0.3) is 0 Å². The van der Waals surface area contributed by atoms with Crippen LogP contribution in [0.3, 0.4) is 0 Å². The highest BCUT2D eigenvalue weighted by atomic mass is 32.2. The largest absolute Gasteiger partial charge is 0.493 e. The second kappa shape index (κ2) is 7.13. The number of hydrogen-bond acceptors (Lipinski definition) is 5. The highest BCUT2D eigenvalue weighted by Gasteiger charge is 2.20. The number of hydrogen-bond donors (Lipinski definition) is 1. The van der Waals surface area contributed by atoms with E-state index in [0.717, 1.165) is 12.1 Å². The van der Waals surface area contributed by atoms with Crippen molar-refractivity contribution in [1.82, 2.24) is 5.32 Å². The highest BCUT2D eigenvalue weighted by Crippen LogP contribution is 2.28. The molecule has 0 saturated heterocycles. The van der Waals surface area contributed by atoms with Gasteiger partial charge in [-0.2, -0.15) is 0 Å². The molecule has 118 valence electrons. The predicted octanol–water partition coefficient (Wildman–Crippen LogP) is 1.76. The van der Waals surface area contributed by atoms with Crippen LogP contribution in [0.1, 0.15) is 24.8 Å². The lowest BCUT2D eigenvalue weighted by atomic mass is 10.2. The summed E-state index contributed by atoms with van der Waals surface area (Å²) in [5, 5.41) is 3.45. The molecule has 6 heteroatoms. The minimum Gasteiger partial charge on any atom is -0.493 e. The fourth-order valence-corrected chi connectivity index (χ4v) is 2.64. The van der Waals surface area contributed by atoms with Crippen molar-refractivity contribution >= 4 is 9.84 Å². The van der Waals surface area contributed by atoms with Crippen LogP contribution in [0.15, 0.2) is 18.2 Å². The van der Waals surface area contributed by atoms with Crippen LogP contribution in [-0.2, 0) is 16.4 Å². The van der Waals surface area contributed by atoms with E-state index in [1.807, 2.05) is 18.2 Å². The molecule has 0 atom stereocenters. The summed E-state index contributed by atoms with van der Waals surface area (Å²) in [5.41, 5.74) is 1.15. The molecular weight excluding hydrogens is 290 g/mol. The zero-order chi connectivity index (χ0) is 15.3. The molecule has 1 aliphatic carbocycles. The minimum atomic E-state index is -2.93. The molecule has 5 nitrogen and oxygen atoms in total. The SMILES string of the molecule is COc1cc(CNC2CC2)ccc1OCCCS(C)(=O)=O.